The minimum absolute atomic E-state index is 0.389. The predicted octanol–water partition coefficient (Wildman–Crippen LogP) is 4.18. The van der Waals surface area contributed by atoms with E-state index >= 15 is 0 Å². The molecule has 2 atom stereocenters. The molecule has 86 valence electrons. The summed E-state index contributed by atoms with van der Waals surface area (Å²) in [4.78, 5) is 1.29. The summed E-state index contributed by atoms with van der Waals surface area (Å²) in [5.74, 6) is 0.680. The highest BCUT2D eigenvalue weighted by Gasteiger charge is 2.18. The van der Waals surface area contributed by atoms with E-state index in [1.165, 1.54) is 4.88 Å². The number of hydrogen-bond acceptors (Lipinski definition) is 3. The van der Waals surface area contributed by atoms with Gasteiger partial charge in [-0.15, -0.1) is 23.1 Å². The fourth-order valence-electron chi connectivity index (χ4n) is 1.16. The van der Waals surface area contributed by atoms with Gasteiger partial charge in [0, 0.05) is 16.7 Å². The van der Waals surface area contributed by atoms with E-state index in [1.807, 2.05) is 17.8 Å². The summed E-state index contributed by atoms with van der Waals surface area (Å²) < 4.78 is 0.848. The van der Waals surface area contributed by atoms with Crippen LogP contribution in [0.3, 0.4) is 0 Å². The van der Waals surface area contributed by atoms with Crippen LogP contribution in [0.2, 0.25) is 4.34 Å². The number of nitrogens with two attached hydrogens (primary N) is 1. The third-order valence-electron chi connectivity index (χ3n) is 2.44. The third kappa shape index (κ3) is 3.99. The summed E-state index contributed by atoms with van der Waals surface area (Å²) in [6.07, 6.45) is 0. The topological polar surface area (TPSA) is 26.0 Å². The molecular formula is C11H18ClNS2. The second-order valence-corrected chi connectivity index (χ2v) is 7.28. The first-order valence-electron chi connectivity index (χ1n) is 5.15. The van der Waals surface area contributed by atoms with Crippen molar-refractivity contribution in [2.24, 2.45) is 11.7 Å². The quantitative estimate of drug-likeness (QED) is 0.863. The normalized spacial score (nSPS) is 15.6. The highest BCUT2D eigenvalue weighted by atomic mass is 35.5. The van der Waals surface area contributed by atoms with Gasteiger partial charge in [-0.2, -0.15) is 0 Å². The van der Waals surface area contributed by atoms with E-state index < -0.39 is 0 Å². The molecular weight excluding hydrogens is 246 g/mol. The zero-order valence-electron chi connectivity index (χ0n) is 9.37. The van der Waals surface area contributed by atoms with Crippen molar-refractivity contribution < 1.29 is 0 Å². The molecule has 1 heterocycles. The largest absolute Gasteiger partial charge is 0.329 e. The van der Waals surface area contributed by atoms with Crippen LogP contribution in [0.4, 0.5) is 0 Å². The number of rotatable bonds is 5. The van der Waals surface area contributed by atoms with Crippen LogP contribution in [0.25, 0.3) is 0 Å². The Labute approximate surface area is 105 Å². The van der Waals surface area contributed by atoms with Gasteiger partial charge in [-0.25, -0.2) is 0 Å². The average molecular weight is 264 g/mol. The van der Waals surface area contributed by atoms with Gasteiger partial charge in [0.1, 0.15) is 0 Å². The number of thioether (sulfide) groups is 1. The van der Waals surface area contributed by atoms with Gasteiger partial charge in [0.15, 0.2) is 0 Å². The maximum atomic E-state index is 5.93. The molecule has 0 radical (unpaired) electrons. The van der Waals surface area contributed by atoms with Crippen molar-refractivity contribution in [3.05, 3.63) is 21.3 Å². The van der Waals surface area contributed by atoms with Gasteiger partial charge in [-0.05, 0) is 18.1 Å². The van der Waals surface area contributed by atoms with Gasteiger partial charge in [0.05, 0.1) is 9.59 Å². The Morgan fingerprint density at radius 3 is 2.47 bits per heavy atom. The highest BCUT2D eigenvalue weighted by molar-refractivity contribution is 8.00. The number of thiophene rings is 1. The molecule has 0 saturated carbocycles. The van der Waals surface area contributed by atoms with Crippen LogP contribution in [-0.4, -0.2) is 11.8 Å². The Morgan fingerprint density at radius 1 is 1.40 bits per heavy atom. The molecule has 0 bridgehead atoms. The zero-order chi connectivity index (χ0) is 11.4. The number of halogens is 1. The first-order valence-corrected chi connectivity index (χ1v) is 7.29. The molecule has 1 rings (SSSR count). The fraction of sp³-hybridized carbons (Fsp3) is 0.636. The lowest BCUT2D eigenvalue weighted by Gasteiger charge is -2.21. The van der Waals surface area contributed by atoms with Crippen LogP contribution in [0.5, 0.6) is 0 Å². The average Bonchev–Trinajstić information content (AvgIpc) is 2.60. The summed E-state index contributed by atoms with van der Waals surface area (Å²) in [6.45, 7) is 7.42. The molecule has 1 aromatic rings. The number of hydrogen-bond donors (Lipinski definition) is 1. The molecule has 0 saturated heterocycles. The Bertz CT molecular complexity index is 299. The fourth-order valence-corrected chi connectivity index (χ4v) is 3.68. The van der Waals surface area contributed by atoms with Crippen LogP contribution in [0, 0.1) is 5.92 Å². The van der Waals surface area contributed by atoms with E-state index in [0.29, 0.717) is 23.0 Å². The van der Waals surface area contributed by atoms with E-state index in [1.54, 1.807) is 11.3 Å². The first-order chi connectivity index (χ1) is 7.04. The Morgan fingerprint density at radius 2 is 2.07 bits per heavy atom. The molecule has 0 aromatic carbocycles. The lowest BCUT2D eigenvalue weighted by molar-refractivity contribution is 0.639. The first kappa shape index (κ1) is 13.4. The second kappa shape index (κ2) is 6.14. The molecule has 0 aliphatic rings. The molecule has 0 spiro atoms. The van der Waals surface area contributed by atoms with Crippen molar-refractivity contribution in [3.63, 3.8) is 0 Å². The highest BCUT2D eigenvalue weighted by Crippen LogP contribution is 2.38. The molecule has 2 unspecified atom stereocenters. The maximum absolute atomic E-state index is 5.93. The van der Waals surface area contributed by atoms with E-state index in [2.05, 4.69) is 26.8 Å². The maximum Gasteiger partial charge on any atom is 0.0931 e. The summed E-state index contributed by atoms with van der Waals surface area (Å²) in [5.41, 5.74) is 5.81. The van der Waals surface area contributed by atoms with E-state index in [9.17, 15) is 0 Å². The minimum Gasteiger partial charge on any atom is -0.329 e. The van der Waals surface area contributed by atoms with Crippen LogP contribution in [0.15, 0.2) is 12.1 Å². The van der Waals surface area contributed by atoms with Crippen molar-refractivity contribution in [3.8, 4) is 0 Å². The lowest BCUT2D eigenvalue weighted by atomic mass is 10.2. The molecule has 2 N–H and O–H groups in total. The van der Waals surface area contributed by atoms with Crippen molar-refractivity contribution in [1.82, 2.24) is 0 Å². The Balaban J connectivity index is 2.64. The van der Waals surface area contributed by atoms with Crippen molar-refractivity contribution in [2.45, 2.75) is 31.3 Å². The van der Waals surface area contributed by atoms with Crippen LogP contribution in [-0.2, 0) is 0 Å². The van der Waals surface area contributed by atoms with Gasteiger partial charge >= 0.3 is 0 Å². The monoisotopic (exact) mass is 263 g/mol. The summed E-state index contributed by atoms with van der Waals surface area (Å²) in [7, 11) is 0. The summed E-state index contributed by atoms with van der Waals surface area (Å²) in [6, 6.07) is 4.04. The van der Waals surface area contributed by atoms with E-state index in [4.69, 9.17) is 17.3 Å². The third-order valence-corrected chi connectivity index (χ3v) is 5.69. The smallest absolute Gasteiger partial charge is 0.0931 e. The van der Waals surface area contributed by atoms with Gasteiger partial charge in [-0.1, -0.05) is 32.4 Å². The van der Waals surface area contributed by atoms with Gasteiger partial charge in [0.2, 0.25) is 0 Å². The standard InChI is InChI=1S/C11H18ClNS2/c1-7(2)8(3)14-10(6-13)9-4-5-11(12)15-9/h4-5,7-8,10H,6,13H2,1-3H3. The van der Waals surface area contributed by atoms with Crippen molar-refractivity contribution in [1.29, 1.82) is 0 Å². The molecule has 15 heavy (non-hydrogen) atoms. The Hall–Kier alpha value is 0.300. The molecule has 0 amide bonds. The van der Waals surface area contributed by atoms with Gasteiger partial charge in [0.25, 0.3) is 0 Å². The SMILES string of the molecule is CC(C)C(C)SC(CN)c1ccc(Cl)s1. The molecule has 0 aliphatic carbocycles. The summed E-state index contributed by atoms with van der Waals surface area (Å²) in [5, 5.41) is 1.01. The van der Waals surface area contributed by atoms with Gasteiger partial charge < -0.3 is 5.73 Å². The zero-order valence-corrected chi connectivity index (χ0v) is 11.8. The van der Waals surface area contributed by atoms with Crippen LogP contribution < -0.4 is 5.73 Å². The molecule has 0 aliphatic heterocycles. The molecule has 0 fully saturated rings. The van der Waals surface area contributed by atoms with Crippen LogP contribution in [0.1, 0.15) is 30.9 Å². The van der Waals surface area contributed by atoms with Crippen LogP contribution >= 0.6 is 34.7 Å². The molecule has 4 heteroatoms. The minimum atomic E-state index is 0.389. The lowest BCUT2D eigenvalue weighted by Crippen LogP contribution is -2.14. The van der Waals surface area contributed by atoms with Crippen molar-refractivity contribution in [2.75, 3.05) is 6.54 Å². The molecule has 1 nitrogen and oxygen atoms in total. The van der Waals surface area contributed by atoms with E-state index in [-0.39, 0.29) is 0 Å². The van der Waals surface area contributed by atoms with Crippen molar-refractivity contribution >= 4 is 34.7 Å². The second-order valence-electron chi connectivity index (χ2n) is 3.95. The predicted molar refractivity (Wildman–Crippen MR) is 73.0 cm³/mol. The molecule has 1 aromatic heterocycles. The van der Waals surface area contributed by atoms with Gasteiger partial charge in [-0.3, -0.25) is 0 Å². The Kier molecular flexibility index (Phi) is 5.47. The van der Waals surface area contributed by atoms with E-state index in [0.717, 1.165) is 4.34 Å². The summed E-state index contributed by atoms with van der Waals surface area (Å²) >= 11 is 9.51.